The van der Waals surface area contributed by atoms with E-state index in [1.807, 2.05) is 39.0 Å². The number of hydrogen-bond acceptors (Lipinski definition) is 2. The zero-order chi connectivity index (χ0) is 18.2. The summed E-state index contributed by atoms with van der Waals surface area (Å²) in [4.78, 5) is 29.7. The molecule has 1 aliphatic carbocycles. The van der Waals surface area contributed by atoms with Crippen molar-refractivity contribution in [3.63, 3.8) is 0 Å². The van der Waals surface area contributed by atoms with Crippen LogP contribution >= 0.6 is 0 Å². The number of nitrogens with one attached hydrogen (secondary N) is 2. The molecule has 2 amide bonds. The van der Waals surface area contributed by atoms with Crippen molar-refractivity contribution in [1.82, 2.24) is 15.2 Å². The first-order valence-electron chi connectivity index (χ1n) is 8.94. The van der Waals surface area contributed by atoms with Gasteiger partial charge in [-0.25, -0.2) is 0 Å². The highest BCUT2D eigenvalue weighted by Crippen LogP contribution is 2.29. The summed E-state index contributed by atoms with van der Waals surface area (Å²) in [5.74, 6) is -0.278. The third-order valence-electron chi connectivity index (χ3n) is 4.59. The SMILES string of the molecule is CN(CC(=O)NC(C)(C)C)C(=O)c1ccc2[nH]c3c(c2c1)CCCC3. The number of hydrogen-bond donors (Lipinski definition) is 2. The lowest BCUT2D eigenvalue weighted by Crippen LogP contribution is -2.46. The maximum atomic E-state index is 12.7. The maximum absolute atomic E-state index is 12.7. The fourth-order valence-corrected chi connectivity index (χ4v) is 3.50. The number of carbonyl (C=O) groups is 2. The fourth-order valence-electron chi connectivity index (χ4n) is 3.50. The summed E-state index contributed by atoms with van der Waals surface area (Å²) in [6.07, 6.45) is 4.57. The molecular formula is C20H27N3O2. The summed E-state index contributed by atoms with van der Waals surface area (Å²) in [5, 5.41) is 4.03. The second-order valence-corrected chi connectivity index (χ2v) is 8.01. The molecule has 0 spiro atoms. The van der Waals surface area contributed by atoms with Gasteiger partial charge in [0.15, 0.2) is 0 Å². The Balaban J connectivity index is 1.78. The summed E-state index contributed by atoms with van der Waals surface area (Å²) in [5.41, 5.74) is 4.08. The number of carbonyl (C=O) groups excluding carboxylic acids is 2. The number of aromatic amines is 1. The average Bonchev–Trinajstić information content (AvgIpc) is 2.90. The van der Waals surface area contributed by atoms with Crippen molar-refractivity contribution in [2.45, 2.75) is 52.0 Å². The monoisotopic (exact) mass is 341 g/mol. The molecule has 25 heavy (non-hydrogen) atoms. The number of rotatable bonds is 3. The van der Waals surface area contributed by atoms with Gasteiger partial charge in [-0.2, -0.15) is 0 Å². The average molecular weight is 341 g/mol. The second-order valence-electron chi connectivity index (χ2n) is 8.01. The van der Waals surface area contributed by atoms with Crippen molar-refractivity contribution in [3.05, 3.63) is 35.0 Å². The van der Waals surface area contributed by atoms with Crippen LogP contribution in [0.25, 0.3) is 10.9 Å². The summed E-state index contributed by atoms with van der Waals surface area (Å²) in [7, 11) is 1.67. The van der Waals surface area contributed by atoms with Crippen molar-refractivity contribution >= 4 is 22.7 Å². The predicted octanol–water partition coefficient (Wildman–Crippen LogP) is 3.03. The van der Waals surface area contributed by atoms with Crippen molar-refractivity contribution < 1.29 is 9.59 Å². The lowest BCUT2D eigenvalue weighted by molar-refractivity contribution is -0.122. The van der Waals surface area contributed by atoms with Gasteiger partial charge in [0.2, 0.25) is 5.91 Å². The van der Waals surface area contributed by atoms with Gasteiger partial charge < -0.3 is 15.2 Å². The van der Waals surface area contributed by atoms with Gasteiger partial charge in [-0.1, -0.05) is 0 Å². The summed E-state index contributed by atoms with van der Waals surface area (Å²) >= 11 is 0. The molecule has 0 unspecified atom stereocenters. The Morgan fingerprint density at radius 3 is 2.64 bits per heavy atom. The number of fused-ring (bicyclic) bond motifs is 3. The van der Waals surface area contributed by atoms with E-state index < -0.39 is 0 Å². The second kappa shape index (κ2) is 6.54. The molecule has 0 saturated heterocycles. The van der Waals surface area contributed by atoms with Gasteiger partial charge in [-0.05, 0) is 70.2 Å². The summed E-state index contributed by atoms with van der Waals surface area (Å²) in [6, 6.07) is 5.78. The summed E-state index contributed by atoms with van der Waals surface area (Å²) < 4.78 is 0. The topological polar surface area (TPSA) is 65.2 Å². The fraction of sp³-hybridized carbons (Fsp3) is 0.500. The van der Waals surface area contributed by atoms with E-state index >= 15 is 0 Å². The number of H-pyrrole nitrogens is 1. The Hall–Kier alpha value is -2.30. The normalized spacial score (nSPS) is 14.2. The molecule has 2 N–H and O–H groups in total. The minimum Gasteiger partial charge on any atom is -0.358 e. The van der Waals surface area contributed by atoms with Crippen LogP contribution in [0.3, 0.4) is 0 Å². The van der Waals surface area contributed by atoms with Gasteiger partial charge in [-0.3, -0.25) is 9.59 Å². The van der Waals surface area contributed by atoms with Crippen LogP contribution in [0.2, 0.25) is 0 Å². The molecule has 0 bridgehead atoms. The van der Waals surface area contributed by atoms with Gasteiger partial charge >= 0.3 is 0 Å². The molecule has 0 aliphatic heterocycles. The molecule has 0 saturated carbocycles. The third kappa shape index (κ3) is 3.86. The van der Waals surface area contributed by atoms with Gasteiger partial charge in [0.25, 0.3) is 5.91 Å². The van der Waals surface area contributed by atoms with E-state index in [0.717, 1.165) is 23.7 Å². The maximum Gasteiger partial charge on any atom is 0.254 e. The van der Waals surface area contributed by atoms with Crippen molar-refractivity contribution in [2.24, 2.45) is 0 Å². The first-order chi connectivity index (χ1) is 11.7. The molecule has 1 aliphatic rings. The van der Waals surface area contributed by atoms with Gasteiger partial charge in [0.1, 0.15) is 0 Å². The quantitative estimate of drug-likeness (QED) is 0.901. The van der Waals surface area contributed by atoms with E-state index in [1.165, 1.54) is 29.0 Å². The van der Waals surface area contributed by atoms with E-state index in [9.17, 15) is 9.59 Å². The van der Waals surface area contributed by atoms with Crippen LogP contribution in [0.4, 0.5) is 0 Å². The van der Waals surface area contributed by atoms with Gasteiger partial charge in [0.05, 0.1) is 6.54 Å². The predicted molar refractivity (Wildman–Crippen MR) is 99.8 cm³/mol. The van der Waals surface area contributed by atoms with Crippen LogP contribution in [0.5, 0.6) is 0 Å². The molecule has 2 aromatic rings. The number of aryl methyl sites for hydroxylation is 2. The third-order valence-corrected chi connectivity index (χ3v) is 4.59. The highest BCUT2D eigenvalue weighted by Gasteiger charge is 2.20. The minimum absolute atomic E-state index is 0.0549. The Bertz CT molecular complexity index is 814. The van der Waals surface area contributed by atoms with Crippen LogP contribution in [0.1, 0.15) is 55.2 Å². The number of amides is 2. The van der Waals surface area contributed by atoms with Crippen LogP contribution in [0.15, 0.2) is 18.2 Å². The van der Waals surface area contributed by atoms with Gasteiger partial charge in [0, 0.05) is 34.7 Å². The first kappa shape index (κ1) is 17.5. The van der Waals surface area contributed by atoms with Crippen LogP contribution in [0, 0.1) is 0 Å². The highest BCUT2D eigenvalue weighted by atomic mass is 16.2. The Morgan fingerprint density at radius 2 is 1.92 bits per heavy atom. The Morgan fingerprint density at radius 1 is 1.20 bits per heavy atom. The van der Waals surface area contributed by atoms with E-state index in [-0.39, 0.29) is 23.9 Å². The molecular weight excluding hydrogens is 314 g/mol. The molecule has 1 heterocycles. The van der Waals surface area contributed by atoms with Gasteiger partial charge in [-0.15, -0.1) is 0 Å². The van der Waals surface area contributed by atoms with E-state index in [2.05, 4.69) is 10.3 Å². The van der Waals surface area contributed by atoms with Crippen LogP contribution in [-0.4, -0.2) is 40.8 Å². The summed E-state index contributed by atoms with van der Waals surface area (Å²) in [6.45, 7) is 5.83. The highest BCUT2D eigenvalue weighted by molar-refractivity contribution is 6.00. The lowest BCUT2D eigenvalue weighted by atomic mass is 9.95. The molecule has 0 fully saturated rings. The minimum atomic E-state index is -0.302. The van der Waals surface area contributed by atoms with E-state index in [4.69, 9.17) is 0 Å². The van der Waals surface area contributed by atoms with Crippen molar-refractivity contribution in [2.75, 3.05) is 13.6 Å². The molecule has 5 heteroatoms. The number of nitrogens with zero attached hydrogens (tertiary/aromatic N) is 1. The molecule has 0 radical (unpaired) electrons. The Labute approximate surface area is 148 Å². The first-order valence-corrected chi connectivity index (χ1v) is 8.94. The van der Waals surface area contributed by atoms with E-state index in [0.29, 0.717) is 5.56 Å². The zero-order valence-electron chi connectivity index (χ0n) is 15.5. The molecule has 3 rings (SSSR count). The van der Waals surface area contributed by atoms with E-state index in [1.54, 1.807) is 7.05 Å². The number of aromatic nitrogens is 1. The smallest absolute Gasteiger partial charge is 0.254 e. The lowest BCUT2D eigenvalue weighted by Gasteiger charge is -2.23. The molecule has 0 atom stereocenters. The molecule has 5 nitrogen and oxygen atoms in total. The zero-order valence-corrected chi connectivity index (χ0v) is 15.5. The molecule has 134 valence electrons. The number of likely N-dealkylation sites (N-methyl/N-ethyl adjacent to an activating group) is 1. The van der Waals surface area contributed by atoms with Crippen LogP contribution in [-0.2, 0) is 17.6 Å². The van der Waals surface area contributed by atoms with Crippen LogP contribution < -0.4 is 5.32 Å². The Kier molecular flexibility index (Phi) is 4.58. The molecule has 1 aromatic carbocycles. The standard InChI is InChI=1S/C20H27N3O2/c1-20(2,3)22-18(24)12-23(4)19(25)13-9-10-17-15(11-13)14-7-5-6-8-16(14)21-17/h9-11,21H,5-8,12H2,1-4H3,(H,22,24). The van der Waals surface area contributed by atoms with Crippen molar-refractivity contribution in [3.8, 4) is 0 Å². The van der Waals surface area contributed by atoms with Crippen molar-refractivity contribution in [1.29, 1.82) is 0 Å². The largest absolute Gasteiger partial charge is 0.358 e. The molecule has 1 aromatic heterocycles. The number of benzene rings is 1.